The number of fused-ring (bicyclic) bond motifs is 2. The highest BCUT2D eigenvalue weighted by atomic mass is 35.5. The van der Waals surface area contributed by atoms with Crippen LogP contribution in [0, 0.1) is 13.8 Å². The summed E-state index contributed by atoms with van der Waals surface area (Å²) in [5.41, 5.74) is 8.79. The van der Waals surface area contributed by atoms with Crippen molar-refractivity contribution in [2.75, 3.05) is 0 Å². The molecule has 0 saturated carbocycles. The Labute approximate surface area is 204 Å². The molecule has 1 aromatic carbocycles. The zero-order valence-electron chi connectivity index (χ0n) is 19.1. The van der Waals surface area contributed by atoms with Crippen molar-refractivity contribution in [1.29, 1.82) is 0 Å². The molecule has 176 valence electrons. The van der Waals surface area contributed by atoms with Gasteiger partial charge in [-0.2, -0.15) is 5.10 Å². The SMILES string of the molecule is Cc1cc([C@@H](C)Oc2ccc(Cl)nc2C(N)=O)c2oc(-c3cnc4ccnn4c3)c(C)c(=O)c2c1. The summed E-state index contributed by atoms with van der Waals surface area (Å²) in [6.45, 7) is 5.38. The maximum atomic E-state index is 13.4. The van der Waals surface area contributed by atoms with Gasteiger partial charge in [-0.1, -0.05) is 11.6 Å². The second-order valence-electron chi connectivity index (χ2n) is 8.20. The lowest BCUT2D eigenvalue weighted by atomic mass is 10.0. The van der Waals surface area contributed by atoms with Crippen LogP contribution in [0.2, 0.25) is 5.15 Å². The standard InChI is InChI=1S/C25H20ClN5O4/c1-12-8-16(14(3)34-18-4-5-19(26)30-21(18)25(27)33)24-17(9-12)22(32)13(2)23(35-24)15-10-28-20-6-7-29-31(20)11-15/h4-11,14H,1-3H3,(H2,27,33)/t14-/m1/s1. The van der Waals surface area contributed by atoms with Crippen LogP contribution >= 0.6 is 11.6 Å². The summed E-state index contributed by atoms with van der Waals surface area (Å²) in [5, 5.41) is 4.76. The van der Waals surface area contributed by atoms with E-state index in [1.807, 2.05) is 13.0 Å². The highest BCUT2D eigenvalue weighted by Crippen LogP contribution is 2.33. The van der Waals surface area contributed by atoms with Crippen molar-refractivity contribution >= 4 is 34.1 Å². The van der Waals surface area contributed by atoms with Gasteiger partial charge in [-0.15, -0.1) is 0 Å². The maximum Gasteiger partial charge on any atom is 0.271 e. The predicted molar refractivity (Wildman–Crippen MR) is 131 cm³/mol. The second-order valence-corrected chi connectivity index (χ2v) is 8.59. The van der Waals surface area contributed by atoms with Gasteiger partial charge < -0.3 is 14.9 Å². The van der Waals surface area contributed by atoms with E-state index >= 15 is 0 Å². The number of primary amides is 1. The van der Waals surface area contributed by atoms with E-state index in [2.05, 4.69) is 15.1 Å². The molecule has 0 aliphatic rings. The molecule has 1 atom stereocenters. The molecule has 4 aromatic heterocycles. The predicted octanol–water partition coefficient (Wildman–Crippen LogP) is 4.41. The van der Waals surface area contributed by atoms with Gasteiger partial charge >= 0.3 is 0 Å². The Morgan fingerprint density at radius 3 is 2.80 bits per heavy atom. The first-order valence-corrected chi connectivity index (χ1v) is 11.1. The van der Waals surface area contributed by atoms with Gasteiger partial charge in [0.2, 0.25) is 0 Å². The van der Waals surface area contributed by atoms with E-state index < -0.39 is 12.0 Å². The Balaban J connectivity index is 1.67. The molecule has 2 N–H and O–H groups in total. The van der Waals surface area contributed by atoms with E-state index in [-0.39, 0.29) is 22.0 Å². The van der Waals surface area contributed by atoms with Gasteiger partial charge in [-0.3, -0.25) is 9.59 Å². The molecule has 0 fully saturated rings. The number of nitrogens with two attached hydrogens (primary N) is 1. The number of amides is 1. The van der Waals surface area contributed by atoms with Crippen LogP contribution in [0.25, 0.3) is 27.9 Å². The molecule has 9 nitrogen and oxygen atoms in total. The minimum absolute atomic E-state index is 0.0853. The molecule has 0 radical (unpaired) electrons. The number of pyridine rings is 1. The van der Waals surface area contributed by atoms with Crippen LogP contribution in [0.5, 0.6) is 5.75 Å². The average Bonchev–Trinajstić information content (AvgIpc) is 3.30. The quantitative estimate of drug-likeness (QED) is 0.362. The molecule has 5 aromatic rings. The summed E-state index contributed by atoms with van der Waals surface area (Å²) in [6.07, 6.45) is 4.41. The highest BCUT2D eigenvalue weighted by Gasteiger charge is 2.22. The Morgan fingerprint density at radius 2 is 2.03 bits per heavy atom. The molecule has 0 aliphatic heterocycles. The van der Waals surface area contributed by atoms with Crippen LogP contribution in [0.15, 0.2) is 58.1 Å². The third-order valence-electron chi connectivity index (χ3n) is 5.70. The number of hydrogen-bond donors (Lipinski definition) is 1. The number of aromatic nitrogens is 4. The first-order valence-electron chi connectivity index (χ1n) is 10.7. The van der Waals surface area contributed by atoms with E-state index in [9.17, 15) is 9.59 Å². The number of carbonyl (C=O) groups is 1. The molecule has 4 heterocycles. The summed E-state index contributed by atoms with van der Waals surface area (Å²) >= 11 is 5.91. The lowest BCUT2D eigenvalue weighted by molar-refractivity contribution is 0.0988. The van der Waals surface area contributed by atoms with Crippen molar-refractivity contribution in [3.05, 3.63) is 86.7 Å². The number of aryl methyl sites for hydroxylation is 1. The van der Waals surface area contributed by atoms with E-state index in [1.165, 1.54) is 12.1 Å². The molecular formula is C25H20ClN5O4. The number of hydrogen-bond acceptors (Lipinski definition) is 7. The minimum atomic E-state index is -0.769. The first kappa shape index (κ1) is 22.5. The fourth-order valence-corrected chi connectivity index (χ4v) is 4.17. The van der Waals surface area contributed by atoms with Crippen LogP contribution in [-0.2, 0) is 0 Å². The van der Waals surface area contributed by atoms with Crippen molar-refractivity contribution in [2.24, 2.45) is 5.73 Å². The van der Waals surface area contributed by atoms with E-state index in [0.717, 1.165) is 5.56 Å². The van der Waals surface area contributed by atoms with Crippen molar-refractivity contribution in [3.63, 3.8) is 0 Å². The number of carbonyl (C=O) groups excluding carboxylic acids is 1. The number of halogens is 1. The number of benzene rings is 1. The van der Waals surface area contributed by atoms with Gasteiger partial charge in [0.15, 0.2) is 22.5 Å². The average molecular weight is 490 g/mol. The number of ether oxygens (including phenoxy) is 1. The lowest BCUT2D eigenvalue weighted by Gasteiger charge is -2.19. The van der Waals surface area contributed by atoms with Gasteiger partial charge in [0, 0.05) is 29.6 Å². The molecular weight excluding hydrogens is 470 g/mol. The molecule has 5 rings (SSSR count). The molecule has 35 heavy (non-hydrogen) atoms. The Hall–Kier alpha value is -4.24. The summed E-state index contributed by atoms with van der Waals surface area (Å²) in [7, 11) is 0. The lowest BCUT2D eigenvalue weighted by Crippen LogP contribution is -2.17. The maximum absolute atomic E-state index is 13.4. The third-order valence-corrected chi connectivity index (χ3v) is 5.91. The largest absolute Gasteiger partial charge is 0.483 e. The third kappa shape index (κ3) is 4.00. The molecule has 10 heteroatoms. The van der Waals surface area contributed by atoms with Crippen LogP contribution in [0.3, 0.4) is 0 Å². The minimum Gasteiger partial charge on any atom is -0.483 e. The van der Waals surface area contributed by atoms with Gasteiger partial charge in [-0.05, 0) is 50.6 Å². The zero-order chi connectivity index (χ0) is 24.9. The van der Waals surface area contributed by atoms with Crippen molar-refractivity contribution < 1.29 is 13.9 Å². The van der Waals surface area contributed by atoms with E-state index in [1.54, 1.807) is 49.1 Å². The van der Waals surface area contributed by atoms with E-state index in [4.69, 9.17) is 26.5 Å². The normalized spacial score (nSPS) is 12.2. The van der Waals surface area contributed by atoms with Gasteiger partial charge in [0.25, 0.3) is 5.91 Å². The Morgan fingerprint density at radius 1 is 1.23 bits per heavy atom. The monoisotopic (exact) mass is 489 g/mol. The van der Waals surface area contributed by atoms with Gasteiger partial charge in [-0.25, -0.2) is 14.5 Å². The Kier molecular flexibility index (Phi) is 5.49. The van der Waals surface area contributed by atoms with Crippen molar-refractivity contribution in [1.82, 2.24) is 19.6 Å². The fraction of sp³-hybridized carbons (Fsp3) is 0.160. The number of rotatable bonds is 5. The molecule has 0 unspecified atom stereocenters. The van der Waals surface area contributed by atoms with Gasteiger partial charge in [0.1, 0.15) is 22.6 Å². The Bertz CT molecular complexity index is 1690. The molecule has 0 saturated heterocycles. The van der Waals surface area contributed by atoms with Crippen molar-refractivity contribution in [3.8, 4) is 17.1 Å². The molecule has 0 bridgehead atoms. The summed E-state index contributed by atoms with van der Waals surface area (Å²) in [4.78, 5) is 33.6. The van der Waals surface area contributed by atoms with E-state index in [0.29, 0.717) is 39.1 Å². The van der Waals surface area contributed by atoms with Crippen LogP contribution in [0.4, 0.5) is 0 Å². The number of nitrogens with zero attached hydrogens (tertiary/aromatic N) is 4. The summed E-state index contributed by atoms with van der Waals surface area (Å²) in [6, 6.07) is 8.46. The first-order chi connectivity index (χ1) is 16.7. The van der Waals surface area contributed by atoms with Crippen molar-refractivity contribution in [2.45, 2.75) is 26.9 Å². The zero-order valence-corrected chi connectivity index (χ0v) is 19.8. The second kappa shape index (κ2) is 8.52. The fourth-order valence-electron chi connectivity index (χ4n) is 4.02. The van der Waals surface area contributed by atoms with Crippen LogP contribution in [0.1, 0.15) is 40.2 Å². The van der Waals surface area contributed by atoms with Crippen LogP contribution < -0.4 is 15.9 Å². The smallest absolute Gasteiger partial charge is 0.271 e. The highest BCUT2D eigenvalue weighted by molar-refractivity contribution is 6.29. The molecule has 0 spiro atoms. The summed E-state index contributed by atoms with van der Waals surface area (Å²) in [5.74, 6) is -0.211. The van der Waals surface area contributed by atoms with Crippen LogP contribution in [-0.4, -0.2) is 25.5 Å². The summed E-state index contributed by atoms with van der Waals surface area (Å²) < 4.78 is 14.0. The molecule has 1 amide bonds. The topological polar surface area (TPSA) is 126 Å². The van der Waals surface area contributed by atoms with Gasteiger partial charge in [0.05, 0.1) is 17.1 Å². The molecule has 0 aliphatic carbocycles.